The van der Waals surface area contributed by atoms with Crippen LogP contribution < -0.4 is 0 Å². The third-order valence-electron chi connectivity index (χ3n) is 3.60. The largest absolute Gasteiger partial charge is 0.0654 e. The Morgan fingerprint density at radius 2 is 1.83 bits per heavy atom. The molecule has 3 aromatic carbocycles. The van der Waals surface area contributed by atoms with E-state index in [1.807, 2.05) is 6.07 Å². The second-order valence-electron chi connectivity index (χ2n) is 4.83. The van der Waals surface area contributed by atoms with Crippen LogP contribution in [0.15, 0.2) is 48.5 Å². The van der Waals surface area contributed by atoms with Gasteiger partial charge in [0.2, 0.25) is 0 Å². The lowest BCUT2D eigenvalue weighted by Crippen LogP contribution is -1.90. The number of benzene rings is 3. The molecule has 3 aromatic rings. The SMILES string of the molecule is CCCCc1c2c[c]ccc2cc2ccccc12. The molecule has 0 amide bonds. The molecule has 0 fully saturated rings. The third-order valence-corrected chi connectivity index (χ3v) is 3.60. The van der Waals surface area contributed by atoms with Crippen LogP contribution in [0.2, 0.25) is 0 Å². The molecule has 0 aliphatic heterocycles. The summed E-state index contributed by atoms with van der Waals surface area (Å²) in [6.45, 7) is 2.25. The van der Waals surface area contributed by atoms with E-state index < -0.39 is 0 Å². The van der Waals surface area contributed by atoms with Crippen LogP contribution in [0.25, 0.3) is 21.5 Å². The van der Waals surface area contributed by atoms with Gasteiger partial charge in [0.05, 0.1) is 0 Å². The Balaban J connectivity index is 2.34. The fourth-order valence-corrected chi connectivity index (χ4v) is 2.66. The summed E-state index contributed by atoms with van der Waals surface area (Å²) in [5.41, 5.74) is 1.49. The summed E-state index contributed by atoms with van der Waals surface area (Å²) in [4.78, 5) is 0. The number of hydrogen-bond donors (Lipinski definition) is 0. The lowest BCUT2D eigenvalue weighted by Gasteiger charge is -2.11. The molecule has 89 valence electrons. The molecule has 0 atom stereocenters. The summed E-state index contributed by atoms with van der Waals surface area (Å²) in [5, 5.41) is 5.45. The smallest absolute Gasteiger partial charge is 0.0139 e. The lowest BCUT2D eigenvalue weighted by molar-refractivity contribution is 0.802. The van der Waals surface area contributed by atoms with Crippen molar-refractivity contribution in [3.8, 4) is 0 Å². The summed E-state index contributed by atoms with van der Waals surface area (Å²) in [6.07, 6.45) is 3.64. The van der Waals surface area contributed by atoms with Gasteiger partial charge in [-0.25, -0.2) is 0 Å². The van der Waals surface area contributed by atoms with Crippen molar-refractivity contribution in [2.24, 2.45) is 0 Å². The molecule has 0 aliphatic rings. The van der Waals surface area contributed by atoms with E-state index in [2.05, 4.69) is 55.5 Å². The van der Waals surface area contributed by atoms with Crippen LogP contribution in [-0.2, 0) is 6.42 Å². The van der Waals surface area contributed by atoms with Crippen LogP contribution >= 0.6 is 0 Å². The highest BCUT2D eigenvalue weighted by atomic mass is 14.1. The van der Waals surface area contributed by atoms with Gasteiger partial charge in [0, 0.05) is 0 Å². The average Bonchev–Trinajstić information content (AvgIpc) is 2.43. The molecule has 0 heterocycles. The summed E-state index contributed by atoms with van der Waals surface area (Å²) < 4.78 is 0. The van der Waals surface area contributed by atoms with Crippen molar-refractivity contribution in [1.29, 1.82) is 0 Å². The number of hydrogen-bond acceptors (Lipinski definition) is 0. The lowest BCUT2D eigenvalue weighted by atomic mass is 9.94. The van der Waals surface area contributed by atoms with Crippen LogP contribution in [0.1, 0.15) is 25.3 Å². The number of aryl methyl sites for hydroxylation is 1. The van der Waals surface area contributed by atoms with Crippen molar-refractivity contribution in [2.75, 3.05) is 0 Å². The first-order chi connectivity index (χ1) is 8.90. The Kier molecular flexibility index (Phi) is 3.02. The minimum absolute atomic E-state index is 1.16. The van der Waals surface area contributed by atoms with Crippen molar-refractivity contribution in [3.05, 3.63) is 60.2 Å². The van der Waals surface area contributed by atoms with E-state index in [0.717, 1.165) is 6.42 Å². The number of fused-ring (bicyclic) bond motifs is 2. The fraction of sp³-hybridized carbons (Fsp3) is 0.222. The van der Waals surface area contributed by atoms with E-state index >= 15 is 0 Å². The summed E-state index contributed by atoms with van der Waals surface area (Å²) in [6, 6.07) is 20.5. The first kappa shape index (κ1) is 11.3. The van der Waals surface area contributed by atoms with Gasteiger partial charge in [-0.05, 0) is 58.1 Å². The standard InChI is InChI=1S/C18H17/c1-2-3-10-18-16-11-6-4-8-14(16)13-15-9-5-7-12-17(15)18/h4-6,8-9,11-13H,2-3,10H2,1H3. The van der Waals surface area contributed by atoms with Crippen LogP contribution in [-0.4, -0.2) is 0 Å². The molecular weight excluding hydrogens is 216 g/mol. The summed E-state index contributed by atoms with van der Waals surface area (Å²) >= 11 is 0. The Morgan fingerprint density at radius 1 is 1.00 bits per heavy atom. The van der Waals surface area contributed by atoms with E-state index in [-0.39, 0.29) is 0 Å². The molecule has 0 spiro atoms. The maximum Gasteiger partial charge on any atom is -0.0139 e. The number of rotatable bonds is 3. The van der Waals surface area contributed by atoms with Crippen molar-refractivity contribution in [3.63, 3.8) is 0 Å². The topological polar surface area (TPSA) is 0 Å². The van der Waals surface area contributed by atoms with Gasteiger partial charge >= 0.3 is 0 Å². The molecule has 0 bridgehead atoms. The van der Waals surface area contributed by atoms with Crippen molar-refractivity contribution in [2.45, 2.75) is 26.2 Å². The van der Waals surface area contributed by atoms with E-state index in [4.69, 9.17) is 0 Å². The molecular formula is C18H17. The quantitative estimate of drug-likeness (QED) is 0.550. The van der Waals surface area contributed by atoms with Crippen LogP contribution in [0.4, 0.5) is 0 Å². The van der Waals surface area contributed by atoms with Crippen LogP contribution in [0.3, 0.4) is 0 Å². The van der Waals surface area contributed by atoms with Gasteiger partial charge in [0.1, 0.15) is 0 Å². The van der Waals surface area contributed by atoms with Gasteiger partial charge in [-0.3, -0.25) is 0 Å². The Morgan fingerprint density at radius 3 is 2.72 bits per heavy atom. The maximum atomic E-state index is 3.22. The minimum Gasteiger partial charge on any atom is -0.0654 e. The van der Waals surface area contributed by atoms with Crippen LogP contribution in [0, 0.1) is 6.07 Å². The highest BCUT2D eigenvalue weighted by Crippen LogP contribution is 2.29. The second-order valence-corrected chi connectivity index (χ2v) is 4.83. The zero-order valence-corrected chi connectivity index (χ0v) is 10.7. The predicted molar refractivity (Wildman–Crippen MR) is 78.9 cm³/mol. The second kappa shape index (κ2) is 4.81. The van der Waals surface area contributed by atoms with Gasteiger partial charge in [-0.2, -0.15) is 0 Å². The first-order valence-corrected chi connectivity index (χ1v) is 6.70. The Labute approximate surface area is 108 Å². The molecule has 0 N–H and O–H groups in total. The van der Waals surface area contributed by atoms with E-state index in [1.54, 1.807) is 0 Å². The molecule has 0 saturated carbocycles. The zero-order valence-electron chi connectivity index (χ0n) is 10.7. The van der Waals surface area contributed by atoms with Gasteiger partial charge in [-0.1, -0.05) is 49.7 Å². The Hall–Kier alpha value is -1.82. The van der Waals surface area contributed by atoms with Gasteiger partial charge < -0.3 is 0 Å². The van der Waals surface area contributed by atoms with Crippen molar-refractivity contribution < 1.29 is 0 Å². The molecule has 0 heteroatoms. The van der Waals surface area contributed by atoms with Crippen molar-refractivity contribution >= 4 is 21.5 Å². The summed E-state index contributed by atoms with van der Waals surface area (Å²) in [5.74, 6) is 0. The van der Waals surface area contributed by atoms with E-state index in [0.29, 0.717) is 0 Å². The molecule has 1 radical (unpaired) electrons. The third kappa shape index (κ3) is 1.88. The van der Waals surface area contributed by atoms with Gasteiger partial charge in [0.25, 0.3) is 0 Å². The molecule has 0 saturated heterocycles. The molecule has 0 aromatic heterocycles. The fourth-order valence-electron chi connectivity index (χ4n) is 2.66. The molecule has 0 nitrogen and oxygen atoms in total. The normalized spacial score (nSPS) is 11.2. The van der Waals surface area contributed by atoms with Gasteiger partial charge in [0.15, 0.2) is 0 Å². The molecule has 0 unspecified atom stereocenters. The van der Waals surface area contributed by atoms with Crippen LogP contribution in [0.5, 0.6) is 0 Å². The Bertz CT molecular complexity index is 626. The minimum atomic E-state index is 1.16. The zero-order chi connectivity index (χ0) is 12.4. The summed E-state index contributed by atoms with van der Waals surface area (Å²) in [7, 11) is 0. The maximum absolute atomic E-state index is 3.22. The van der Waals surface area contributed by atoms with Crippen molar-refractivity contribution in [1.82, 2.24) is 0 Å². The molecule has 18 heavy (non-hydrogen) atoms. The predicted octanol–water partition coefficient (Wildman–Crippen LogP) is 5.14. The highest BCUT2D eigenvalue weighted by Gasteiger charge is 2.06. The van der Waals surface area contributed by atoms with E-state index in [1.165, 1.54) is 39.9 Å². The molecule has 0 aliphatic carbocycles. The van der Waals surface area contributed by atoms with E-state index in [9.17, 15) is 0 Å². The molecule has 3 rings (SSSR count). The van der Waals surface area contributed by atoms with Gasteiger partial charge in [-0.15, -0.1) is 0 Å². The average molecular weight is 233 g/mol. The monoisotopic (exact) mass is 233 g/mol. The highest BCUT2D eigenvalue weighted by molar-refractivity contribution is 6.02. The first-order valence-electron chi connectivity index (χ1n) is 6.70. The number of unbranched alkanes of at least 4 members (excludes halogenated alkanes) is 1.